The van der Waals surface area contributed by atoms with E-state index >= 15 is 0 Å². The third-order valence-corrected chi connectivity index (χ3v) is 1.94. The molecule has 0 aromatic rings. The van der Waals surface area contributed by atoms with Crippen LogP contribution in [0.25, 0.3) is 0 Å². The fourth-order valence-electron chi connectivity index (χ4n) is 0.428. The molecule has 0 spiro atoms. The van der Waals surface area contributed by atoms with Gasteiger partial charge in [0.1, 0.15) is 0 Å². The smallest absolute Gasteiger partial charge is 0.224 e. The van der Waals surface area contributed by atoms with Crippen molar-refractivity contribution in [3.8, 4) is 0 Å². The van der Waals surface area contributed by atoms with Crippen molar-refractivity contribution in [3.63, 3.8) is 0 Å². The van der Waals surface area contributed by atoms with Gasteiger partial charge in [-0.05, 0) is 0 Å². The summed E-state index contributed by atoms with van der Waals surface area (Å²) in [6.07, 6.45) is 0. The van der Waals surface area contributed by atoms with Crippen molar-refractivity contribution in [2.45, 2.75) is 0 Å². The van der Waals surface area contributed by atoms with Crippen molar-refractivity contribution in [1.82, 2.24) is 5.32 Å². The molecule has 1 N–H and O–H groups in total. The van der Waals surface area contributed by atoms with Crippen molar-refractivity contribution >= 4 is 31.2 Å². The van der Waals surface area contributed by atoms with Gasteiger partial charge in [-0.1, -0.05) is 0 Å². The van der Waals surface area contributed by atoms with E-state index in [4.69, 9.17) is 0 Å². The van der Waals surface area contributed by atoms with Crippen LogP contribution < -0.4 is 5.32 Å². The molecule has 0 heterocycles. The monoisotopic (exact) mass is 165 g/mol. The summed E-state index contributed by atoms with van der Waals surface area (Å²) < 4.78 is 0. The molecule has 1 amide bonds. The van der Waals surface area contributed by atoms with Gasteiger partial charge in [0.25, 0.3) is 0 Å². The number of hydrogen-bond acceptors (Lipinski definition) is 3. The topological polar surface area (TPSA) is 29.1 Å². The lowest BCUT2D eigenvalue weighted by Gasteiger charge is -2.07. The second-order valence-electron chi connectivity index (χ2n) is 1.68. The number of carbonyl (C=O) groups excluding carboxylic acids is 1. The molecule has 2 nitrogen and oxygen atoms in total. The summed E-state index contributed by atoms with van der Waals surface area (Å²) >= 11 is 7.96. The van der Waals surface area contributed by atoms with Crippen LogP contribution in [0.1, 0.15) is 0 Å². The normalized spacial score (nSPS) is 9.78. The lowest BCUT2D eigenvalue weighted by atomic mass is 10.2. The van der Waals surface area contributed by atoms with Crippen LogP contribution in [-0.4, -0.2) is 24.5 Å². The average molecular weight is 165 g/mol. The summed E-state index contributed by atoms with van der Waals surface area (Å²) in [4.78, 5) is 10.8. The Morgan fingerprint density at radius 2 is 2.00 bits per heavy atom. The van der Waals surface area contributed by atoms with Crippen LogP contribution in [0.4, 0.5) is 0 Å². The quantitative estimate of drug-likeness (QED) is 0.513. The number of nitrogens with one attached hydrogen (secondary N) is 1. The first kappa shape index (κ1) is 9.17. The van der Waals surface area contributed by atoms with Gasteiger partial charge in [-0.2, -0.15) is 25.3 Å². The molecule has 0 aliphatic heterocycles. The van der Waals surface area contributed by atoms with Gasteiger partial charge in [0.2, 0.25) is 5.91 Å². The predicted octanol–water partition coefficient (Wildman–Crippen LogP) is 0.208. The molecule has 0 aromatic heterocycles. The fraction of sp³-hybridized carbons (Fsp3) is 0.800. The van der Waals surface area contributed by atoms with Gasteiger partial charge in [-0.3, -0.25) is 4.79 Å². The van der Waals surface area contributed by atoms with Gasteiger partial charge in [-0.25, -0.2) is 0 Å². The molecular weight excluding hydrogens is 154 g/mol. The third kappa shape index (κ3) is 3.01. The predicted molar refractivity (Wildman–Crippen MR) is 45.3 cm³/mol. The zero-order valence-electron chi connectivity index (χ0n) is 5.29. The van der Waals surface area contributed by atoms with Crippen LogP contribution in [0.5, 0.6) is 0 Å². The number of rotatable bonds is 3. The second kappa shape index (κ2) is 4.99. The fourth-order valence-corrected chi connectivity index (χ4v) is 1.22. The zero-order valence-corrected chi connectivity index (χ0v) is 7.08. The largest absolute Gasteiger partial charge is 0.359 e. The lowest BCUT2D eigenvalue weighted by Crippen LogP contribution is -2.29. The van der Waals surface area contributed by atoms with E-state index in [0.717, 1.165) is 0 Å². The molecular formula is C5H11NOS2. The molecule has 0 saturated heterocycles. The van der Waals surface area contributed by atoms with Crippen LogP contribution in [-0.2, 0) is 4.79 Å². The molecule has 0 rings (SSSR count). The van der Waals surface area contributed by atoms with Crippen LogP contribution in [0.3, 0.4) is 0 Å². The van der Waals surface area contributed by atoms with E-state index in [9.17, 15) is 4.79 Å². The molecule has 0 saturated carbocycles. The van der Waals surface area contributed by atoms with Gasteiger partial charge in [0.15, 0.2) is 0 Å². The van der Waals surface area contributed by atoms with E-state index in [2.05, 4.69) is 30.6 Å². The first-order valence-electron chi connectivity index (χ1n) is 2.69. The molecule has 0 bridgehead atoms. The maximum atomic E-state index is 10.8. The Morgan fingerprint density at radius 3 is 2.11 bits per heavy atom. The van der Waals surface area contributed by atoms with E-state index in [-0.39, 0.29) is 11.8 Å². The van der Waals surface area contributed by atoms with Crippen molar-refractivity contribution in [3.05, 3.63) is 0 Å². The second-order valence-corrected chi connectivity index (χ2v) is 2.41. The number of thiol groups is 2. The molecule has 0 aromatic carbocycles. The number of carbonyl (C=O) groups is 1. The molecule has 0 atom stereocenters. The van der Waals surface area contributed by atoms with Gasteiger partial charge < -0.3 is 5.32 Å². The van der Waals surface area contributed by atoms with Gasteiger partial charge in [0, 0.05) is 18.6 Å². The molecule has 9 heavy (non-hydrogen) atoms. The molecule has 0 unspecified atom stereocenters. The first-order valence-corrected chi connectivity index (χ1v) is 3.96. The standard InChI is InChI=1S/C5H11NOS2/c1-6-5(7)4(2-8)3-9/h4,8-9H,2-3H2,1H3,(H,6,7). The van der Waals surface area contributed by atoms with Gasteiger partial charge in [-0.15, -0.1) is 0 Å². The number of hydrogen-bond donors (Lipinski definition) is 3. The summed E-state index contributed by atoms with van der Waals surface area (Å²) in [7, 11) is 1.61. The van der Waals surface area contributed by atoms with E-state index in [1.165, 1.54) is 0 Å². The van der Waals surface area contributed by atoms with Crippen molar-refractivity contribution < 1.29 is 4.79 Å². The zero-order chi connectivity index (χ0) is 7.28. The summed E-state index contributed by atoms with van der Waals surface area (Å²) in [5, 5.41) is 2.53. The van der Waals surface area contributed by atoms with E-state index < -0.39 is 0 Å². The Kier molecular flexibility index (Phi) is 5.09. The maximum absolute atomic E-state index is 10.8. The van der Waals surface area contributed by atoms with Gasteiger partial charge in [0.05, 0.1) is 5.92 Å². The minimum absolute atomic E-state index is 0.0139. The Morgan fingerprint density at radius 1 is 1.56 bits per heavy atom. The molecule has 54 valence electrons. The van der Waals surface area contributed by atoms with Crippen molar-refractivity contribution in [2.24, 2.45) is 5.92 Å². The number of amides is 1. The van der Waals surface area contributed by atoms with Crippen LogP contribution >= 0.6 is 25.3 Å². The Bertz CT molecular complexity index is 93.0. The van der Waals surface area contributed by atoms with Gasteiger partial charge >= 0.3 is 0 Å². The van der Waals surface area contributed by atoms with E-state index in [1.54, 1.807) is 7.05 Å². The van der Waals surface area contributed by atoms with E-state index in [0.29, 0.717) is 11.5 Å². The highest BCUT2D eigenvalue weighted by Gasteiger charge is 2.11. The molecule has 0 aliphatic carbocycles. The molecule has 0 fully saturated rings. The Labute approximate surface area is 66.2 Å². The lowest BCUT2D eigenvalue weighted by molar-refractivity contribution is -0.123. The van der Waals surface area contributed by atoms with Crippen LogP contribution in [0.2, 0.25) is 0 Å². The Hall–Kier alpha value is 0.170. The Balaban J connectivity index is 3.64. The van der Waals surface area contributed by atoms with Crippen molar-refractivity contribution in [1.29, 1.82) is 0 Å². The summed E-state index contributed by atoms with van der Waals surface area (Å²) in [5.74, 6) is 1.08. The van der Waals surface area contributed by atoms with Crippen LogP contribution in [0.15, 0.2) is 0 Å². The highest BCUT2D eigenvalue weighted by Crippen LogP contribution is 2.00. The van der Waals surface area contributed by atoms with Crippen LogP contribution in [0, 0.1) is 5.92 Å². The highest BCUT2D eigenvalue weighted by molar-refractivity contribution is 7.81. The third-order valence-electron chi connectivity index (χ3n) is 1.06. The van der Waals surface area contributed by atoms with Crippen molar-refractivity contribution in [2.75, 3.05) is 18.6 Å². The average Bonchev–Trinajstić information content (AvgIpc) is 1.90. The molecule has 4 heteroatoms. The minimum atomic E-state index is -0.0540. The summed E-state index contributed by atoms with van der Waals surface area (Å²) in [6.45, 7) is 0. The molecule has 0 radical (unpaired) electrons. The maximum Gasteiger partial charge on any atom is 0.224 e. The minimum Gasteiger partial charge on any atom is -0.359 e. The molecule has 0 aliphatic rings. The first-order chi connectivity index (χ1) is 4.26. The highest BCUT2D eigenvalue weighted by atomic mass is 32.1. The van der Waals surface area contributed by atoms with E-state index in [1.807, 2.05) is 0 Å². The SMILES string of the molecule is CNC(=O)C(CS)CS. The summed E-state index contributed by atoms with van der Waals surface area (Å²) in [6, 6.07) is 0. The summed E-state index contributed by atoms with van der Waals surface area (Å²) in [5.41, 5.74) is 0.